The molecular formula is C21H20Cl2N2O2. The van der Waals surface area contributed by atoms with Crippen molar-refractivity contribution in [1.82, 2.24) is 9.80 Å². The minimum atomic E-state index is -0.320. The molecule has 140 valence electrons. The van der Waals surface area contributed by atoms with E-state index in [1.54, 1.807) is 35.2 Å². The highest BCUT2D eigenvalue weighted by Crippen LogP contribution is 2.33. The Labute approximate surface area is 169 Å². The van der Waals surface area contributed by atoms with Crippen LogP contribution in [0.4, 0.5) is 0 Å². The first-order valence-electron chi connectivity index (χ1n) is 8.60. The number of benzene rings is 2. The number of fused-ring (bicyclic) bond motifs is 1. The number of amides is 2. The molecule has 0 saturated carbocycles. The van der Waals surface area contributed by atoms with E-state index >= 15 is 0 Å². The van der Waals surface area contributed by atoms with Gasteiger partial charge in [0, 0.05) is 36.8 Å². The number of nitrogens with zero attached hydrogens (tertiary/aromatic N) is 2. The van der Waals surface area contributed by atoms with E-state index in [-0.39, 0.29) is 24.3 Å². The first kappa shape index (κ1) is 19.5. The zero-order valence-corrected chi connectivity index (χ0v) is 16.7. The molecule has 0 unspecified atom stereocenters. The SMILES string of the molecule is CC(=O)N1C=Cc2ccccc2[C@@H]1CC(=O)N(C)Cc1ccc(Cl)cc1Cl. The van der Waals surface area contributed by atoms with E-state index in [0.29, 0.717) is 16.6 Å². The molecule has 0 aromatic heterocycles. The molecule has 0 bridgehead atoms. The first-order chi connectivity index (χ1) is 12.9. The summed E-state index contributed by atoms with van der Waals surface area (Å²) in [6.07, 6.45) is 3.84. The van der Waals surface area contributed by atoms with E-state index in [2.05, 4.69) is 0 Å². The topological polar surface area (TPSA) is 40.6 Å². The summed E-state index contributed by atoms with van der Waals surface area (Å²) in [6.45, 7) is 1.88. The molecule has 1 aliphatic rings. The minimum Gasteiger partial charge on any atom is -0.341 e. The number of rotatable bonds is 4. The molecule has 0 spiro atoms. The lowest BCUT2D eigenvalue weighted by atomic mass is 9.93. The van der Waals surface area contributed by atoms with Crippen LogP contribution in [-0.2, 0) is 16.1 Å². The van der Waals surface area contributed by atoms with Crippen molar-refractivity contribution in [1.29, 1.82) is 0 Å². The number of halogens is 2. The maximum Gasteiger partial charge on any atom is 0.225 e. The zero-order chi connectivity index (χ0) is 19.6. The van der Waals surface area contributed by atoms with E-state index in [1.165, 1.54) is 6.92 Å². The summed E-state index contributed by atoms with van der Waals surface area (Å²) in [5.74, 6) is -0.163. The summed E-state index contributed by atoms with van der Waals surface area (Å²) >= 11 is 12.1. The van der Waals surface area contributed by atoms with Gasteiger partial charge in [0.15, 0.2) is 0 Å². The van der Waals surface area contributed by atoms with E-state index in [4.69, 9.17) is 23.2 Å². The van der Waals surface area contributed by atoms with Gasteiger partial charge in [0.05, 0.1) is 12.5 Å². The van der Waals surface area contributed by atoms with Crippen molar-refractivity contribution in [3.05, 3.63) is 75.4 Å². The summed E-state index contributed by atoms with van der Waals surface area (Å²) in [6, 6.07) is 12.7. The van der Waals surface area contributed by atoms with Crippen LogP contribution in [0, 0.1) is 0 Å². The fourth-order valence-electron chi connectivity index (χ4n) is 3.23. The molecule has 0 N–H and O–H groups in total. The number of hydrogen-bond acceptors (Lipinski definition) is 2. The fraction of sp³-hybridized carbons (Fsp3) is 0.238. The Hall–Kier alpha value is -2.30. The third kappa shape index (κ3) is 4.34. The van der Waals surface area contributed by atoms with E-state index in [9.17, 15) is 9.59 Å². The van der Waals surface area contributed by atoms with Crippen molar-refractivity contribution in [2.75, 3.05) is 7.05 Å². The predicted molar refractivity (Wildman–Crippen MR) is 108 cm³/mol. The van der Waals surface area contributed by atoms with Crippen LogP contribution >= 0.6 is 23.2 Å². The number of hydrogen-bond donors (Lipinski definition) is 0. The van der Waals surface area contributed by atoms with Crippen molar-refractivity contribution in [3.63, 3.8) is 0 Å². The second-order valence-electron chi connectivity index (χ2n) is 6.58. The molecule has 2 aromatic carbocycles. The normalized spacial score (nSPS) is 15.4. The molecule has 1 heterocycles. The predicted octanol–water partition coefficient (Wildman–Crippen LogP) is 4.92. The molecule has 0 saturated heterocycles. The van der Waals surface area contributed by atoms with Crippen molar-refractivity contribution in [2.24, 2.45) is 0 Å². The monoisotopic (exact) mass is 402 g/mol. The molecule has 1 atom stereocenters. The molecule has 3 rings (SSSR count). The van der Waals surface area contributed by atoms with Crippen LogP contribution in [0.3, 0.4) is 0 Å². The van der Waals surface area contributed by atoms with Gasteiger partial charge in [-0.2, -0.15) is 0 Å². The average Bonchev–Trinajstić information content (AvgIpc) is 2.63. The highest BCUT2D eigenvalue weighted by Gasteiger charge is 2.29. The standard InChI is InChI=1S/C21H20Cl2N2O2/c1-14(26)25-10-9-15-5-3-4-6-18(15)20(25)12-21(27)24(2)13-16-7-8-17(22)11-19(16)23/h3-11,20H,12-13H2,1-2H3/t20-/m0/s1. The van der Waals surface area contributed by atoms with Crippen LogP contribution in [-0.4, -0.2) is 28.7 Å². The number of carbonyl (C=O) groups is 2. The maximum atomic E-state index is 12.9. The summed E-state index contributed by atoms with van der Waals surface area (Å²) in [5.41, 5.74) is 2.82. The lowest BCUT2D eigenvalue weighted by molar-refractivity contribution is -0.134. The van der Waals surface area contributed by atoms with E-state index < -0.39 is 0 Å². The van der Waals surface area contributed by atoms with Gasteiger partial charge in [-0.3, -0.25) is 9.59 Å². The Morgan fingerprint density at radius 1 is 1.15 bits per heavy atom. The van der Waals surface area contributed by atoms with Crippen molar-refractivity contribution in [2.45, 2.75) is 25.9 Å². The highest BCUT2D eigenvalue weighted by atomic mass is 35.5. The Morgan fingerprint density at radius 2 is 1.89 bits per heavy atom. The van der Waals surface area contributed by atoms with Gasteiger partial charge in [-0.1, -0.05) is 53.5 Å². The summed E-state index contributed by atoms with van der Waals surface area (Å²) in [5, 5.41) is 1.08. The van der Waals surface area contributed by atoms with Gasteiger partial charge in [0.2, 0.25) is 11.8 Å². The fourth-order valence-corrected chi connectivity index (χ4v) is 3.70. The van der Waals surface area contributed by atoms with Crippen LogP contribution in [0.15, 0.2) is 48.7 Å². The van der Waals surface area contributed by atoms with Gasteiger partial charge in [-0.25, -0.2) is 0 Å². The molecule has 2 amide bonds. The van der Waals surface area contributed by atoms with Gasteiger partial charge >= 0.3 is 0 Å². The third-order valence-electron chi connectivity index (χ3n) is 4.69. The second-order valence-corrected chi connectivity index (χ2v) is 7.42. The van der Waals surface area contributed by atoms with Crippen molar-refractivity contribution in [3.8, 4) is 0 Å². The van der Waals surface area contributed by atoms with Gasteiger partial charge < -0.3 is 9.80 Å². The molecule has 0 fully saturated rings. The Morgan fingerprint density at radius 3 is 2.59 bits per heavy atom. The van der Waals surface area contributed by atoms with Crippen LogP contribution in [0.2, 0.25) is 10.0 Å². The maximum absolute atomic E-state index is 12.9. The minimum absolute atomic E-state index is 0.0673. The third-order valence-corrected chi connectivity index (χ3v) is 5.27. The van der Waals surface area contributed by atoms with Crippen LogP contribution in [0.25, 0.3) is 6.08 Å². The molecule has 6 heteroatoms. The lowest BCUT2D eigenvalue weighted by Crippen LogP contribution is -2.35. The summed E-state index contributed by atoms with van der Waals surface area (Å²) in [7, 11) is 1.73. The van der Waals surface area contributed by atoms with Gasteiger partial charge in [-0.05, 0) is 34.9 Å². The van der Waals surface area contributed by atoms with E-state index in [0.717, 1.165) is 16.7 Å². The number of carbonyl (C=O) groups excluding carboxylic acids is 2. The van der Waals surface area contributed by atoms with Crippen molar-refractivity contribution < 1.29 is 9.59 Å². The zero-order valence-electron chi connectivity index (χ0n) is 15.2. The highest BCUT2D eigenvalue weighted by molar-refractivity contribution is 6.35. The van der Waals surface area contributed by atoms with Gasteiger partial charge in [0.1, 0.15) is 0 Å². The molecule has 27 heavy (non-hydrogen) atoms. The Kier molecular flexibility index (Phi) is 5.88. The largest absolute Gasteiger partial charge is 0.341 e. The first-order valence-corrected chi connectivity index (χ1v) is 9.36. The second kappa shape index (κ2) is 8.15. The smallest absolute Gasteiger partial charge is 0.225 e. The average molecular weight is 403 g/mol. The van der Waals surface area contributed by atoms with Crippen molar-refractivity contribution >= 4 is 41.1 Å². The summed E-state index contributed by atoms with van der Waals surface area (Å²) in [4.78, 5) is 28.2. The molecule has 2 aromatic rings. The van der Waals surface area contributed by atoms with Crippen LogP contribution in [0.1, 0.15) is 36.1 Å². The van der Waals surface area contributed by atoms with Gasteiger partial charge in [0.25, 0.3) is 0 Å². The molecule has 0 radical (unpaired) electrons. The molecule has 4 nitrogen and oxygen atoms in total. The molecule has 1 aliphatic heterocycles. The Balaban J connectivity index is 1.78. The molecular weight excluding hydrogens is 383 g/mol. The van der Waals surface area contributed by atoms with Crippen LogP contribution in [0.5, 0.6) is 0 Å². The van der Waals surface area contributed by atoms with Crippen LogP contribution < -0.4 is 0 Å². The lowest BCUT2D eigenvalue weighted by Gasteiger charge is -2.33. The summed E-state index contributed by atoms with van der Waals surface area (Å²) < 4.78 is 0. The van der Waals surface area contributed by atoms with E-state index in [1.807, 2.05) is 36.4 Å². The molecule has 0 aliphatic carbocycles. The van der Waals surface area contributed by atoms with Gasteiger partial charge in [-0.15, -0.1) is 0 Å². The Bertz CT molecular complexity index is 911. The quantitative estimate of drug-likeness (QED) is 0.728.